The normalized spacial score (nSPS) is 22.0. The van der Waals surface area contributed by atoms with Crippen molar-refractivity contribution in [3.63, 3.8) is 0 Å². The van der Waals surface area contributed by atoms with Gasteiger partial charge in [0.15, 0.2) is 0 Å². The van der Waals surface area contributed by atoms with Crippen molar-refractivity contribution in [2.45, 2.75) is 19.4 Å². The Morgan fingerprint density at radius 2 is 1.79 bits per heavy atom. The zero-order chi connectivity index (χ0) is 19.8. The Bertz CT molecular complexity index is 913. The van der Waals surface area contributed by atoms with E-state index in [2.05, 4.69) is 24.2 Å². The summed E-state index contributed by atoms with van der Waals surface area (Å²) in [5.74, 6) is 0.179. The molecule has 2 heterocycles. The number of benzene rings is 2. The first-order valence-corrected chi connectivity index (χ1v) is 9.72. The number of likely N-dealkylation sites (tertiary alicyclic amines) is 1. The van der Waals surface area contributed by atoms with Gasteiger partial charge in [-0.3, -0.25) is 9.69 Å². The Morgan fingerprint density at radius 3 is 2.54 bits per heavy atom. The molecule has 1 fully saturated rings. The number of urea groups is 1. The SMILES string of the molecule is C[C@H]1CN(C)CC[C@H]1N(C)C(=O)N1c2ccccc2NC(=O)c2ccccc21. The molecular weight excluding hydrogens is 352 g/mol. The second-order valence-corrected chi connectivity index (χ2v) is 7.81. The molecule has 2 atom stereocenters. The van der Waals surface area contributed by atoms with Gasteiger partial charge < -0.3 is 15.1 Å². The van der Waals surface area contributed by atoms with Crippen LogP contribution in [-0.4, -0.2) is 55.0 Å². The van der Waals surface area contributed by atoms with Crippen molar-refractivity contribution < 1.29 is 9.59 Å². The highest BCUT2D eigenvalue weighted by atomic mass is 16.2. The van der Waals surface area contributed by atoms with Gasteiger partial charge in [-0.2, -0.15) is 0 Å². The van der Waals surface area contributed by atoms with Crippen molar-refractivity contribution >= 4 is 29.0 Å². The number of fused-ring (bicyclic) bond motifs is 2. The van der Waals surface area contributed by atoms with Crippen LogP contribution in [0.15, 0.2) is 48.5 Å². The highest BCUT2D eigenvalue weighted by Gasteiger charge is 2.35. The summed E-state index contributed by atoms with van der Waals surface area (Å²) in [7, 11) is 3.99. The molecule has 2 aliphatic rings. The first-order valence-electron chi connectivity index (χ1n) is 9.72. The largest absolute Gasteiger partial charge is 0.329 e. The van der Waals surface area contributed by atoms with E-state index in [0.717, 1.165) is 19.5 Å². The fourth-order valence-electron chi connectivity index (χ4n) is 4.38. The lowest BCUT2D eigenvalue weighted by atomic mass is 9.93. The van der Waals surface area contributed by atoms with Gasteiger partial charge in [0.05, 0.1) is 22.6 Å². The molecule has 0 radical (unpaired) electrons. The minimum absolute atomic E-state index is 0.113. The summed E-state index contributed by atoms with van der Waals surface area (Å²) in [6.07, 6.45) is 0.939. The molecule has 1 saturated heterocycles. The van der Waals surface area contributed by atoms with Gasteiger partial charge in [0, 0.05) is 19.6 Å². The lowest BCUT2D eigenvalue weighted by Crippen LogP contribution is -2.52. The summed E-state index contributed by atoms with van der Waals surface area (Å²) in [6, 6.07) is 14.8. The molecule has 0 bridgehead atoms. The molecule has 28 heavy (non-hydrogen) atoms. The van der Waals surface area contributed by atoms with Gasteiger partial charge in [-0.25, -0.2) is 4.79 Å². The third kappa shape index (κ3) is 3.14. The van der Waals surface area contributed by atoms with Gasteiger partial charge in [0.2, 0.25) is 0 Å². The number of nitrogens with zero attached hydrogens (tertiary/aromatic N) is 3. The molecule has 146 valence electrons. The maximum atomic E-state index is 13.7. The van der Waals surface area contributed by atoms with Crippen LogP contribution in [0.2, 0.25) is 0 Å². The minimum Gasteiger partial charge on any atom is -0.324 e. The molecule has 2 aliphatic heterocycles. The average molecular weight is 378 g/mol. The van der Waals surface area contributed by atoms with Crippen LogP contribution >= 0.6 is 0 Å². The van der Waals surface area contributed by atoms with E-state index in [1.165, 1.54) is 0 Å². The fraction of sp³-hybridized carbons (Fsp3) is 0.364. The maximum Gasteiger partial charge on any atom is 0.329 e. The number of nitrogens with one attached hydrogen (secondary N) is 1. The molecular formula is C22H26N4O2. The smallest absolute Gasteiger partial charge is 0.324 e. The Balaban J connectivity index is 1.77. The van der Waals surface area contributed by atoms with Crippen LogP contribution in [-0.2, 0) is 0 Å². The summed E-state index contributed by atoms with van der Waals surface area (Å²) in [5, 5.41) is 2.94. The third-order valence-corrected chi connectivity index (χ3v) is 5.84. The highest BCUT2D eigenvalue weighted by molar-refractivity contribution is 6.17. The zero-order valence-electron chi connectivity index (χ0n) is 16.6. The van der Waals surface area contributed by atoms with E-state index in [-0.39, 0.29) is 18.0 Å². The number of rotatable bonds is 1. The van der Waals surface area contributed by atoms with Crippen molar-refractivity contribution in [3.05, 3.63) is 54.1 Å². The minimum atomic E-state index is -0.200. The quantitative estimate of drug-likeness (QED) is 0.822. The van der Waals surface area contributed by atoms with Crippen LogP contribution in [0.5, 0.6) is 0 Å². The molecule has 3 amide bonds. The van der Waals surface area contributed by atoms with Crippen LogP contribution in [0.4, 0.5) is 21.9 Å². The van der Waals surface area contributed by atoms with E-state index in [4.69, 9.17) is 0 Å². The molecule has 6 heteroatoms. The Hall–Kier alpha value is -2.86. The van der Waals surface area contributed by atoms with Crippen molar-refractivity contribution in [2.24, 2.45) is 5.92 Å². The average Bonchev–Trinajstić information content (AvgIpc) is 2.81. The van der Waals surface area contributed by atoms with Crippen LogP contribution in [0.3, 0.4) is 0 Å². The molecule has 0 aromatic heterocycles. The fourth-order valence-corrected chi connectivity index (χ4v) is 4.38. The molecule has 2 aromatic rings. The number of para-hydroxylation sites is 3. The van der Waals surface area contributed by atoms with Gasteiger partial charge in [-0.15, -0.1) is 0 Å². The molecule has 6 nitrogen and oxygen atoms in total. The predicted octanol–water partition coefficient (Wildman–Crippen LogP) is 3.78. The topological polar surface area (TPSA) is 55.9 Å². The second kappa shape index (κ2) is 7.28. The van der Waals surface area contributed by atoms with Crippen LogP contribution < -0.4 is 10.2 Å². The van der Waals surface area contributed by atoms with Crippen molar-refractivity contribution in [1.82, 2.24) is 9.80 Å². The molecule has 0 aliphatic carbocycles. The molecule has 1 N–H and O–H groups in total. The monoisotopic (exact) mass is 378 g/mol. The van der Waals surface area contributed by atoms with Gasteiger partial charge in [0.25, 0.3) is 5.91 Å². The third-order valence-electron chi connectivity index (χ3n) is 5.84. The molecule has 0 saturated carbocycles. The summed E-state index contributed by atoms with van der Waals surface area (Å²) in [4.78, 5) is 32.3. The first-order chi connectivity index (χ1) is 13.5. The lowest BCUT2D eigenvalue weighted by molar-refractivity contribution is 0.102. The zero-order valence-corrected chi connectivity index (χ0v) is 16.6. The summed E-state index contributed by atoms with van der Waals surface area (Å²) < 4.78 is 0. The molecule has 2 aromatic carbocycles. The van der Waals surface area contributed by atoms with Crippen LogP contribution in [0.1, 0.15) is 23.7 Å². The Labute approximate surface area is 165 Å². The van der Waals surface area contributed by atoms with E-state index in [9.17, 15) is 9.59 Å². The second-order valence-electron chi connectivity index (χ2n) is 7.81. The van der Waals surface area contributed by atoms with Crippen molar-refractivity contribution in [2.75, 3.05) is 37.4 Å². The summed E-state index contributed by atoms with van der Waals surface area (Å²) in [6.45, 7) is 4.13. The number of hydrogen-bond donors (Lipinski definition) is 1. The molecule has 0 spiro atoms. The van der Waals surface area contributed by atoms with Gasteiger partial charge in [0.1, 0.15) is 0 Å². The highest BCUT2D eigenvalue weighted by Crippen LogP contribution is 2.39. The number of anilines is 3. The van der Waals surface area contributed by atoms with Gasteiger partial charge in [-0.05, 0) is 50.2 Å². The maximum absolute atomic E-state index is 13.7. The van der Waals surface area contributed by atoms with Crippen LogP contribution in [0.25, 0.3) is 0 Å². The van der Waals surface area contributed by atoms with Crippen LogP contribution in [0, 0.1) is 5.92 Å². The predicted molar refractivity (Wildman–Crippen MR) is 111 cm³/mol. The Morgan fingerprint density at radius 1 is 1.11 bits per heavy atom. The molecule has 4 rings (SSSR count). The number of carbonyl (C=O) groups excluding carboxylic acids is 2. The number of piperidine rings is 1. The summed E-state index contributed by atoms with van der Waals surface area (Å²) >= 11 is 0. The van der Waals surface area contributed by atoms with Crippen molar-refractivity contribution in [1.29, 1.82) is 0 Å². The van der Waals surface area contributed by atoms with E-state index in [1.807, 2.05) is 54.4 Å². The molecule has 0 unspecified atom stereocenters. The van der Waals surface area contributed by atoms with Crippen molar-refractivity contribution in [3.8, 4) is 0 Å². The van der Waals surface area contributed by atoms with Gasteiger partial charge in [-0.1, -0.05) is 31.2 Å². The number of amides is 3. The van der Waals surface area contributed by atoms with Gasteiger partial charge >= 0.3 is 6.03 Å². The first kappa shape index (κ1) is 18.5. The van der Waals surface area contributed by atoms with E-state index < -0.39 is 0 Å². The summed E-state index contributed by atoms with van der Waals surface area (Å²) in [5.41, 5.74) is 2.44. The number of carbonyl (C=O) groups is 2. The lowest BCUT2D eigenvalue weighted by Gasteiger charge is -2.41. The number of hydrogen-bond acceptors (Lipinski definition) is 3. The van der Waals surface area contributed by atoms with E-state index in [1.54, 1.807) is 11.0 Å². The van der Waals surface area contributed by atoms with E-state index >= 15 is 0 Å². The Kier molecular flexibility index (Phi) is 4.81. The van der Waals surface area contributed by atoms with E-state index in [0.29, 0.717) is 28.5 Å². The standard InChI is InChI=1S/C22H26N4O2/c1-15-14-24(2)13-12-18(15)25(3)22(28)26-19-10-6-4-8-16(19)21(27)23-17-9-5-7-11-20(17)26/h4-11,15,18H,12-14H2,1-3H3,(H,23,27)/t15-,18+/m0/s1.